The van der Waals surface area contributed by atoms with Gasteiger partial charge in [-0.2, -0.15) is 5.26 Å². The Kier molecular flexibility index (Phi) is 4.32. The Morgan fingerprint density at radius 3 is 2.52 bits per heavy atom. The van der Waals surface area contributed by atoms with Crippen molar-refractivity contribution in [2.75, 3.05) is 6.54 Å². The minimum absolute atomic E-state index is 0.0158. The van der Waals surface area contributed by atoms with Crippen LogP contribution >= 0.6 is 0 Å². The van der Waals surface area contributed by atoms with Crippen molar-refractivity contribution in [2.24, 2.45) is 11.8 Å². The number of benzene rings is 1. The lowest BCUT2D eigenvalue weighted by molar-refractivity contribution is -0.140. The van der Waals surface area contributed by atoms with Crippen molar-refractivity contribution in [2.45, 2.75) is 25.2 Å². The van der Waals surface area contributed by atoms with Gasteiger partial charge < -0.3 is 4.98 Å². The summed E-state index contributed by atoms with van der Waals surface area (Å²) in [4.78, 5) is 46.0. The minimum atomic E-state index is -1.05. The van der Waals surface area contributed by atoms with Crippen LogP contribution in [-0.2, 0) is 14.4 Å². The molecule has 0 spiro atoms. The molecule has 0 unspecified atom stereocenters. The number of carbonyl (C=O) groups excluding carboxylic acids is 3. The number of aromatic amines is 1. The number of aromatic nitrogens is 2. The molecule has 2 aromatic rings. The Hall–Kier alpha value is -3.27. The number of hydrogen-bond acceptors (Lipinski definition) is 5. The average Bonchev–Trinajstić information content (AvgIpc) is 3.21. The van der Waals surface area contributed by atoms with E-state index in [4.69, 9.17) is 0 Å². The molecule has 1 aliphatic heterocycles. The molecule has 1 aromatic heterocycles. The third kappa shape index (κ3) is 2.93. The van der Waals surface area contributed by atoms with Crippen LogP contribution in [0.5, 0.6) is 0 Å². The van der Waals surface area contributed by atoms with Gasteiger partial charge >= 0.3 is 0 Å². The fourth-order valence-electron chi connectivity index (χ4n) is 3.85. The highest BCUT2D eigenvalue weighted by atomic mass is 16.2. The number of imidazole rings is 1. The first-order valence-electron chi connectivity index (χ1n) is 8.97. The van der Waals surface area contributed by atoms with E-state index in [1.54, 1.807) is 6.07 Å². The van der Waals surface area contributed by atoms with Crippen molar-refractivity contribution in [1.82, 2.24) is 14.9 Å². The predicted molar refractivity (Wildman–Crippen MR) is 96.1 cm³/mol. The predicted octanol–water partition coefficient (Wildman–Crippen LogP) is 2.08. The number of Topliss-reactive ketones (excluding diaryl/α,β-unsaturated/α-hetero) is 1. The van der Waals surface area contributed by atoms with Crippen molar-refractivity contribution in [3.8, 4) is 6.07 Å². The number of fused-ring (bicyclic) bond motifs is 2. The maximum absolute atomic E-state index is 12.6. The van der Waals surface area contributed by atoms with E-state index in [0.29, 0.717) is 24.2 Å². The normalized spacial score (nSPS) is 22.7. The van der Waals surface area contributed by atoms with Crippen LogP contribution in [0, 0.1) is 23.2 Å². The number of allylic oxidation sites excluding steroid dienone is 2. The number of rotatable bonds is 5. The van der Waals surface area contributed by atoms with Crippen molar-refractivity contribution in [3.05, 3.63) is 42.2 Å². The fraction of sp³-hybridized carbons (Fsp3) is 0.350. The molecule has 1 N–H and O–H groups in total. The lowest BCUT2D eigenvalue weighted by Gasteiger charge is -2.14. The SMILES string of the molecule is N#C[C@H](C(=O)CCN1C(=O)[C@H]2CC=CC[C@@H]2C1=O)c1nc2ccccc2[nH]1. The summed E-state index contributed by atoms with van der Waals surface area (Å²) in [7, 11) is 0. The third-order valence-corrected chi connectivity index (χ3v) is 5.31. The number of ketones is 1. The first kappa shape index (κ1) is 17.2. The topological polar surface area (TPSA) is 107 Å². The summed E-state index contributed by atoms with van der Waals surface area (Å²) in [6, 6.07) is 9.27. The van der Waals surface area contributed by atoms with Gasteiger partial charge in [0, 0.05) is 13.0 Å². The molecule has 2 amide bonds. The highest BCUT2D eigenvalue weighted by molar-refractivity contribution is 6.05. The van der Waals surface area contributed by atoms with Crippen LogP contribution in [0.4, 0.5) is 0 Å². The van der Waals surface area contributed by atoms with Crippen molar-refractivity contribution in [3.63, 3.8) is 0 Å². The first-order chi connectivity index (χ1) is 13.1. The van der Waals surface area contributed by atoms with E-state index in [1.807, 2.05) is 36.4 Å². The maximum Gasteiger partial charge on any atom is 0.233 e. The Balaban J connectivity index is 1.46. The Morgan fingerprint density at radius 1 is 1.22 bits per heavy atom. The van der Waals surface area contributed by atoms with Crippen LogP contribution in [0.2, 0.25) is 0 Å². The molecule has 7 nitrogen and oxygen atoms in total. The van der Waals surface area contributed by atoms with Crippen LogP contribution in [0.25, 0.3) is 11.0 Å². The molecule has 136 valence electrons. The number of nitriles is 1. The van der Waals surface area contributed by atoms with Crippen molar-refractivity contribution < 1.29 is 14.4 Å². The molecule has 1 fully saturated rings. The van der Waals surface area contributed by atoms with E-state index in [9.17, 15) is 19.6 Å². The largest absolute Gasteiger partial charge is 0.340 e. The third-order valence-electron chi connectivity index (χ3n) is 5.31. The summed E-state index contributed by atoms with van der Waals surface area (Å²) in [5.74, 6) is -2.14. The number of imide groups is 1. The van der Waals surface area contributed by atoms with Crippen molar-refractivity contribution >= 4 is 28.6 Å². The number of para-hydroxylation sites is 2. The summed E-state index contributed by atoms with van der Waals surface area (Å²) in [6.45, 7) is 0.0158. The number of amides is 2. The van der Waals surface area contributed by atoms with Crippen LogP contribution in [0.1, 0.15) is 31.0 Å². The molecule has 1 saturated heterocycles. The van der Waals surface area contributed by atoms with E-state index in [-0.39, 0.29) is 42.4 Å². The Morgan fingerprint density at radius 2 is 1.89 bits per heavy atom. The van der Waals surface area contributed by atoms with E-state index < -0.39 is 5.92 Å². The number of nitrogens with one attached hydrogen (secondary N) is 1. The average molecular weight is 362 g/mol. The summed E-state index contributed by atoms with van der Waals surface area (Å²) in [5.41, 5.74) is 1.43. The van der Waals surface area contributed by atoms with Crippen LogP contribution in [-0.4, -0.2) is 39.0 Å². The zero-order valence-electron chi connectivity index (χ0n) is 14.6. The summed E-state index contributed by atoms with van der Waals surface area (Å²) < 4.78 is 0. The molecule has 4 rings (SSSR count). The highest BCUT2D eigenvalue weighted by Gasteiger charge is 2.47. The van der Waals surface area contributed by atoms with Gasteiger partial charge in [-0.3, -0.25) is 19.3 Å². The van der Waals surface area contributed by atoms with E-state index in [2.05, 4.69) is 9.97 Å². The number of carbonyl (C=O) groups is 3. The van der Waals surface area contributed by atoms with E-state index in [0.717, 1.165) is 5.52 Å². The Bertz CT molecular complexity index is 941. The zero-order valence-corrected chi connectivity index (χ0v) is 14.6. The smallest absolute Gasteiger partial charge is 0.233 e. The zero-order chi connectivity index (χ0) is 19.0. The van der Waals surface area contributed by atoms with Gasteiger partial charge in [-0.1, -0.05) is 24.3 Å². The summed E-state index contributed by atoms with van der Waals surface area (Å²) in [5, 5.41) is 9.45. The first-order valence-corrected chi connectivity index (χ1v) is 8.97. The summed E-state index contributed by atoms with van der Waals surface area (Å²) in [6.07, 6.45) is 4.93. The molecule has 1 aromatic carbocycles. The van der Waals surface area contributed by atoms with Gasteiger partial charge in [0.1, 0.15) is 5.82 Å². The number of H-pyrrole nitrogens is 1. The van der Waals surface area contributed by atoms with Gasteiger partial charge in [0.2, 0.25) is 11.8 Å². The maximum atomic E-state index is 12.6. The van der Waals surface area contributed by atoms with Gasteiger partial charge in [0.05, 0.1) is 28.9 Å². The second kappa shape index (κ2) is 6.80. The molecule has 0 radical (unpaired) electrons. The summed E-state index contributed by atoms with van der Waals surface area (Å²) >= 11 is 0. The molecule has 2 aliphatic rings. The fourth-order valence-corrected chi connectivity index (χ4v) is 3.85. The molecule has 3 atom stereocenters. The molecule has 0 saturated carbocycles. The minimum Gasteiger partial charge on any atom is -0.340 e. The number of likely N-dealkylation sites (tertiary alicyclic amines) is 1. The quantitative estimate of drug-likeness (QED) is 0.647. The number of hydrogen-bond donors (Lipinski definition) is 1. The molecular formula is C20H18N4O3. The standard InChI is InChI=1S/C20H18N4O3/c21-11-14(18-22-15-7-3-4-8-16(15)23-18)17(25)9-10-24-19(26)12-5-1-2-6-13(12)20(24)27/h1-4,7-8,12-14H,5-6,9-10H2,(H,22,23)/t12-,13-,14+/m0/s1. The van der Waals surface area contributed by atoms with Crippen LogP contribution in [0.15, 0.2) is 36.4 Å². The van der Waals surface area contributed by atoms with Gasteiger partial charge in [-0.25, -0.2) is 4.98 Å². The Labute approximate surface area is 155 Å². The van der Waals surface area contributed by atoms with Gasteiger partial charge in [-0.05, 0) is 25.0 Å². The van der Waals surface area contributed by atoms with Gasteiger partial charge in [0.25, 0.3) is 0 Å². The molecule has 2 heterocycles. The molecule has 7 heteroatoms. The van der Waals surface area contributed by atoms with Gasteiger partial charge in [-0.15, -0.1) is 0 Å². The van der Waals surface area contributed by atoms with E-state index in [1.165, 1.54) is 4.90 Å². The molecule has 1 aliphatic carbocycles. The number of nitrogens with zero attached hydrogens (tertiary/aromatic N) is 3. The van der Waals surface area contributed by atoms with Gasteiger partial charge in [0.15, 0.2) is 11.7 Å². The second-order valence-electron chi connectivity index (χ2n) is 6.90. The lowest BCUT2D eigenvalue weighted by Crippen LogP contribution is -2.33. The molecule has 27 heavy (non-hydrogen) atoms. The van der Waals surface area contributed by atoms with Crippen LogP contribution < -0.4 is 0 Å². The molecular weight excluding hydrogens is 344 g/mol. The molecule has 0 bridgehead atoms. The monoisotopic (exact) mass is 362 g/mol. The van der Waals surface area contributed by atoms with Crippen molar-refractivity contribution in [1.29, 1.82) is 5.26 Å². The highest BCUT2D eigenvalue weighted by Crippen LogP contribution is 2.35. The van der Waals surface area contributed by atoms with E-state index >= 15 is 0 Å². The second-order valence-corrected chi connectivity index (χ2v) is 6.90. The lowest BCUT2D eigenvalue weighted by atomic mass is 9.85. The van der Waals surface area contributed by atoms with Crippen LogP contribution in [0.3, 0.4) is 0 Å².